The van der Waals surface area contributed by atoms with Crippen molar-refractivity contribution in [1.82, 2.24) is 0 Å². The van der Waals surface area contributed by atoms with Crippen LogP contribution in [0.2, 0.25) is 0 Å². The third-order valence-corrected chi connectivity index (χ3v) is 5.93. The second kappa shape index (κ2) is 11.5. The fourth-order valence-electron chi connectivity index (χ4n) is 3.78. The molecule has 0 spiro atoms. The van der Waals surface area contributed by atoms with Gasteiger partial charge in [0, 0.05) is 12.3 Å². The zero-order chi connectivity index (χ0) is 27.1. The van der Waals surface area contributed by atoms with Crippen LogP contribution in [0.1, 0.15) is 31.9 Å². The summed E-state index contributed by atoms with van der Waals surface area (Å²) in [7, 11) is 1.64. The molecule has 0 N–H and O–H groups in total. The molecule has 0 aliphatic carbocycles. The van der Waals surface area contributed by atoms with Crippen LogP contribution < -0.4 is 23.7 Å². The number of carbonyl (C=O) groups excluding carboxylic acids is 2. The first kappa shape index (κ1) is 26.3. The quantitative estimate of drug-likeness (QED) is 0.139. The Bertz CT molecular complexity index is 1370. The molecule has 0 radical (unpaired) electrons. The van der Waals surface area contributed by atoms with E-state index in [2.05, 4.69) is 13.8 Å². The summed E-state index contributed by atoms with van der Waals surface area (Å²) in [5.41, 5.74) is 1.96. The van der Waals surface area contributed by atoms with Crippen LogP contribution in [-0.4, -0.2) is 19.2 Å². The Morgan fingerprint density at radius 1 is 0.526 bits per heavy atom. The maximum Gasteiger partial charge on any atom is 0.519 e. The molecular formula is C31H28O7. The molecule has 7 heteroatoms. The van der Waals surface area contributed by atoms with Crippen molar-refractivity contribution in [2.45, 2.75) is 26.2 Å². The van der Waals surface area contributed by atoms with E-state index in [4.69, 9.17) is 23.7 Å². The highest BCUT2D eigenvalue weighted by Crippen LogP contribution is 2.33. The van der Waals surface area contributed by atoms with Gasteiger partial charge < -0.3 is 23.7 Å². The van der Waals surface area contributed by atoms with Gasteiger partial charge in [0.1, 0.15) is 34.5 Å². The molecule has 0 saturated heterocycles. The number of rotatable bonds is 8. The first-order valence-electron chi connectivity index (χ1n) is 11.9. The van der Waals surface area contributed by atoms with E-state index in [9.17, 15) is 9.59 Å². The maximum atomic E-state index is 12.3. The maximum absolute atomic E-state index is 12.3. The Kier molecular flexibility index (Phi) is 7.97. The van der Waals surface area contributed by atoms with E-state index in [-0.39, 0.29) is 5.41 Å². The second-order valence-electron chi connectivity index (χ2n) is 8.97. The Labute approximate surface area is 221 Å². The minimum absolute atomic E-state index is 0.250. The molecule has 194 valence electrons. The molecule has 0 aliphatic heterocycles. The topological polar surface area (TPSA) is 80.3 Å². The van der Waals surface area contributed by atoms with Crippen LogP contribution >= 0.6 is 0 Å². The van der Waals surface area contributed by atoms with E-state index in [1.165, 1.54) is 6.92 Å². The third kappa shape index (κ3) is 6.70. The monoisotopic (exact) mass is 512 g/mol. The van der Waals surface area contributed by atoms with Gasteiger partial charge in [0.05, 0.1) is 7.11 Å². The van der Waals surface area contributed by atoms with Gasteiger partial charge in [-0.05, 0) is 83.9 Å². The lowest BCUT2D eigenvalue weighted by Gasteiger charge is -2.26. The summed E-state index contributed by atoms with van der Waals surface area (Å²) in [6.07, 6.45) is -0.845. The Balaban J connectivity index is 1.31. The predicted molar refractivity (Wildman–Crippen MR) is 142 cm³/mol. The number of esters is 1. The average molecular weight is 513 g/mol. The summed E-state index contributed by atoms with van der Waals surface area (Å²) in [6.45, 7) is 5.60. The van der Waals surface area contributed by atoms with Crippen LogP contribution in [0.15, 0.2) is 97.1 Å². The summed E-state index contributed by atoms with van der Waals surface area (Å²) >= 11 is 0. The minimum atomic E-state index is -0.845. The van der Waals surface area contributed by atoms with Gasteiger partial charge in [-0.3, -0.25) is 4.79 Å². The summed E-state index contributed by atoms with van der Waals surface area (Å²) in [5, 5.41) is 0. The Hall–Kier alpha value is -4.78. The molecule has 4 aromatic rings. The van der Waals surface area contributed by atoms with Crippen molar-refractivity contribution in [3.63, 3.8) is 0 Å². The first-order chi connectivity index (χ1) is 18.2. The number of methoxy groups -OCH3 is 1. The molecule has 0 aliphatic rings. The lowest BCUT2D eigenvalue weighted by atomic mass is 9.78. The molecule has 0 amide bonds. The molecule has 4 rings (SSSR count). The van der Waals surface area contributed by atoms with Crippen LogP contribution in [0.3, 0.4) is 0 Å². The lowest BCUT2D eigenvalue weighted by Crippen LogP contribution is -2.19. The van der Waals surface area contributed by atoms with E-state index in [1.807, 2.05) is 36.4 Å². The number of hydrogen-bond acceptors (Lipinski definition) is 7. The smallest absolute Gasteiger partial charge is 0.497 e. The Morgan fingerprint density at radius 3 is 1.26 bits per heavy atom. The van der Waals surface area contributed by atoms with E-state index >= 15 is 0 Å². The highest BCUT2D eigenvalue weighted by Gasteiger charge is 2.23. The SMILES string of the molecule is COc1ccc(C(C)(C)c2ccc(OC(=O)Oc3ccc(Oc4ccc(OC(C)=O)cc4)cc3)cc2)cc1. The zero-order valence-electron chi connectivity index (χ0n) is 21.6. The van der Waals surface area contributed by atoms with Crippen molar-refractivity contribution in [3.8, 4) is 34.5 Å². The van der Waals surface area contributed by atoms with Gasteiger partial charge in [-0.1, -0.05) is 38.1 Å². The van der Waals surface area contributed by atoms with Gasteiger partial charge in [0.25, 0.3) is 0 Å². The number of hydrogen-bond donors (Lipinski definition) is 0. The fraction of sp³-hybridized carbons (Fsp3) is 0.161. The van der Waals surface area contributed by atoms with Gasteiger partial charge in [0.2, 0.25) is 0 Å². The van der Waals surface area contributed by atoms with Crippen LogP contribution in [0.5, 0.6) is 34.5 Å². The van der Waals surface area contributed by atoms with Gasteiger partial charge in [0.15, 0.2) is 0 Å². The van der Waals surface area contributed by atoms with E-state index in [1.54, 1.807) is 67.8 Å². The van der Waals surface area contributed by atoms with Crippen LogP contribution in [0, 0.1) is 0 Å². The van der Waals surface area contributed by atoms with Crippen molar-refractivity contribution in [1.29, 1.82) is 0 Å². The van der Waals surface area contributed by atoms with Crippen molar-refractivity contribution in [2.75, 3.05) is 7.11 Å². The summed E-state index contributed by atoms with van der Waals surface area (Å²) in [4.78, 5) is 23.3. The van der Waals surface area contributed by atoms with Crippen molar-refractivity contribution in [3.05, 3.63) is 108 Å². The molecule has 4 aromatic carbocycles. The standard InChI is InChI=1S/C31H28O7/c1-21(32)35-25-13-15-26(16-14-25)36-27-17-19-29(20-18-27)38-30(33)37-28-11-7-23(8-12-28)31(2,3)22-5-9-24(34-4)10-6-22/h5-20H,1-4H3. The van der Waals surface area contributed by atoms with Gasteiger partial charge in [-0.2, -0.15) is 0 Å². The number of benzene rings is 4. The fourth-order valence-corrected chi connectivity index (χ4v) is 3.78. The van der Waals surface area contributed by atoms with Crippen molar-refractivity contribution in [2.24, 2.45) is 0 Å². The van der Waals surface area contributed by atoms with E-state index in [0.29, 0.717) is 28.7 Å². The minimum Gasteiger partial charge on any atom is -0.497 e. The van der Waals surface area contributed by atoms with Gasteiger partial charge in [-0.25, -0.2) is 4.79 Å². The molecule has 0 fully saturated rings. The molecule has 38 heavy (non-hydrogen) atoms. The normalized spacial score (nSPS) is 10.8. The van der Waals surface area contributed by atoms with Crippen LogP contribution in [0.25, 0.3) is 0 Å². The van der Waals surface area contributed by atoms with Crippen molar-refractivity contribution >= 4 is 12.1 Å². The molecule has 0 bridgehead atoms. The molecule has 0 aromatic heterocycles. The van der Waals surface area contributed by atoms with E-state index < -0.39 is 12.1 Å². The predicted octanol–water partition coefficient (Wildman–Crippen LogP) is 7.32. The first-order valence-corrected chi connectivity index (χ1v) is 11.9. The zero-order valence-corrected chi connectivity index (χ0v) is 21.6. The van der Waals surface area contributed by atoms with Crippen LogP contribution in [0.4, 0.5) is 4.79 Å². The number of carbonyl (C=O) groups is 2. The molecule has 7 nitrogen and oxygen atoms in total. The molecule has 0 unspecified atom stereocenters. The highest BCUT2D eigenvalue weighted by atomic mass is 16.7. The lowest BCUT2D eigenvalue weighted by molar-refractivity contribution is -0.131. The van der Waals surface area contributed by atoms with Crippen LogP contribution in [-0.2, 0) is 10.2 Å². The molecule has 0 saturated carbocycles. The number of ether oxygens (including phenoxy) is 5. The van der Waals surface area contributed by atoms with Crippen molar-refractivity contribution < 1.29 is 33.3 Å². The summed E-state index contributed by atoms with van der Waals surface area (Å²) in [6, 6.07) is 28.5. The second-order valence-corrected chi connectivity index (χ2v) is 8.97. The summed E-state index contributed by atoms with van der Waals surface area (Å²) in [5.74, 6) is 2.64. The molecular weight excluding hydrogens is 484 g/mol. The highest BCUT2D eigenvalue weighted by molar-refractivity contribution is 5.69. The molecule has 0 heterocycles. The molecule has 0 atom stereocenters. The largest absolute Gasteiger partial charge is 0.519 e. The third-order valence-electron chi connectivity index (χ3n) is 5.93. The average Bonchev–Trinajstić information content (AvgIpc) is 2.91. The Morgan fingerprint density at radius 2 is 0.868 bits per heavy atom. The van der Waals surface area contributed by atoms with Gasteiger partial charge in [-0.15, -0.1) is 0 Å². The summed E-state index contributed by atoms with van der Waals surface area (Å²) < 4.78 is 26.6. The van der Waals surface area contributed by atoms with E-state index in [0.717, 1.165) is 16.9 Å². The van der Waals surface area contributed by atoms with Gasteiger partial charge >= 0.3 is 12.1 Å².